The molecule has 0 saturated heterocycles. The first-order valence-corrected chi connectivity index (χ1v) is 5.91. The number of hydrazone groups is 1. The molecule has 0 amide bonds. The molecular formula is C11H11BrF2N2O2. The zero-order valence-corrected chi connectivity index (χ0v) is 11.1. The van der Waals surface area contributed by atoms with Gasteiger partial charge in [0.25, 0.3) is 0 Å². The van der Waals surface area contributed by atoms with E-state index in [9.17, 15) is 13.6 Å². The van der Waals surface area contributed by atoms with Gasteiger partial charge in [0.1, 0.15) is 6.61 Å². The second-order valence-corrected chi connectivity index (χ2v) is 4.06. The molecule has 18 heavy (non-hydrogen) atoms. The first-order valence-electron chi connectivity index (χ1n) is 5.12. The van der Waals surface area contributed by atoms with E-state index in [0.29, 0.717) is 4.47 Å². The molecule has 1 N–H and O–H groups in total. The number of nitrogens with one attached hydrogen (secondary N) is 1. The van der Waals surface area contributed by atoms with Gasteiger partial charge in [-0.1, -0.05) is 6.92 Å². The third-order valence-corrected chi connectivity index (χ3v) is 2.55. The first kappa shape index (κ1) is 14.6. The molecule has 1 rings (SSSR count). The number of ether oxygens (including phenoxy) is 1. The number of hydrogen-bond donors (Lipinski definition) is 1. The van der Waals surface area contributed by atoms with Crippen molar-refractivity contribution in [2.24, 2.45) is 5.10 Å². The van der Waals surface area contributed by atoms with Gasteiger partial charge in [-0.05, 0) is 22.0 Å². The predicted octanol–water partition coefficient (Wildman–Crippen LogP) is 3.08. The lowest BCUT2D eigenvalue weighted by molar-refractivity contribution is -0.141. The van der Waals surface area contributed by atoms with Crippen LogP contribution >= 0.6 is 15.9 Å². The predicted molar refractivity (Wildman–Crippen MR) is 67.4 cm³/mol. The van der Waals surface area contributed by atoms with Crippen LogP contribution in [-0.2, 0) is 9.53 Å². The van der Waals surface area contributed by atoms with Crippen molar-refractivity contribution in [3.05, 3.63) is 28.2 Å². The van der Waals surface area contributed by atoms with Crippen molar-refractivity contribution in [2.45, 2.75) is 13.3 Å². The second-order valence-electron chi connectivity index (χ2n) is 3.21. The molecule has 0 aliphatic rings. The molecule has 0 atom stereocenters. The van der Waals surface area contributed by atoms with E-state index in [0.717, 1.165) is 12.1 Å². The molecule has 0 saturated carbocycles. The van der Waals surface area contributed by atoms with E-state index in [4.69, 9.17) is 4.74 Å². The summed E-state index contributed by atoms with van der Waals surface area (Å²) in [5, 5.41) is 3.71. The minimum atomic E-state index is -0.978. The molecular weight excluding hydrogens is 310 g/mol. The highest BCUT2D eigenvalue weighted by Crippen LogP contribution is 2.25. The van der Waals surface area contributed by atoms with E-state index in [1.807, 2.05) is 0 Å². The lowest BCUT2D eigenvalue weighted by Crippen LogP contribution is -2.05. The van der Waals surface area contributed by atoms with E-state index in [1.165, 1.54) is 6.21 Å². The molecule has 1 aromatic rings. The van der Waals surface area contributed by atoms with Crippen LogP contribution in [0.4, 0.5) is 14.5 Å². The largest absolute Gasteiger partial charge is 0.460 e. The molecule has 0 fully saturated rings. The van der Waals surface area contributed by atoms with Crippen LogP contribution in [0.3, 0.4) is 0 Å². The van der Waals surface area contributed by atoms with Gasteiger partial charge in [0.2, 0.25) is 0 Å². The summed E-state index contributed by atoms with van der Waals surface area (Å²) >= 11 is 3.06. The van der Waals surface area contributed by atoms with E-state index < -0.39 is 11.6 Å². The molecule has 0 spiro atoms. The fourth-order valence-corrected chi connectivity index (χ4v) is 1.40. The minimum absolute atomic E-state index is 0.0149. The molecule has 0 heterocycles. The number of halogens is 3. The van der Waals surface area contributed by atoms with Crippen LogP contribution < -0.4 is 5.43 Å². The fraction of sp³-hybridized carbons (Fsp3) is 0.273. The summed E-state index contributed by atoms with van der Waals surface area (Å²) in [6.07, 6.45) is 1.59. The first-order chi connectivity index (χ1) is 8.54. The standard InChI is InChI=1S/C11H11BrF2N2O2/c1-2-11(17)18-4-3-15-16-10-6-9(14)8(13)5-7(10)12/h3,5-6,16H,2,4H2,1H3/b15-3-. The summed E-state index contributed by atoms with van der Waals surface area (Å²) in [6.45, 7) is 1.69. The minimum Gasteiger partial charge on any atom is -0.460 e. The Balaban J connectivity index is 2.51. The summed E-state index contributed by atoms with van der Waals surface area (Å²) < 4.78 is 30.8. The number of hydrogen-bond acceptors (Lipinski definition) is 4. The van der Waals surface area contributed by atoms with Gasteiger partial charge in [-0.25, -0.2) is 8.78 Å². The Kier molecular flexibility index (Phi) is 5.70. The van der Waals surface area contributed by atoms with Crippen LogP contribution in [0, 0.1) is 11.6 Å². The molecule has 7 heteroatoms. The Labute approximate surface area is 111 Å². The van der Waals surface area contributed by atoms with Crippen molar-refractivity contribution in [1.82, 2.24) is 0 Å². The monoisotopic (exact) mass is 320 g/mol. The van der Waals surface area contributed by atoms with Gasteiger partial charge in [0.15, 0.2) is 11.6 Å². The Morgan fingerprint density at radius 3 is 2.83 bits per heavy atom. The SMILES string of the molecule is CCC(=O)OC/C=N\Nc1cc(F)c(F)cc1Br. The Bertz CT molecular complexity index is 467. The van der Waals surface area contributed by atoms with Crippen molar-refractivity contribution >= 4 is 33.8 Å². The number of carbonyl (C=O) groups excluding carboxylic acids is 1. The molecule has 0 aliphatic carbocycles. The average Bonchev–Trinajstić information content (AvgIpc) is 2.34. The van der Waals surface area contributed by atoms with Crippen LogP contribution in [0.2, 0.25) is 0 Å². The van der Waals surface area contributed by atoms with Crippen LogP contribution in [0.15, 0.2) is 21.7 Å². The van der Waals surface area contributed by atoms with Gasteiger partial charge in [0.05, 0.1) is 11.9 Å². The summed E-state index contributed by atoms with van der Waals surface area (Å²) in [4.78, 5) is 10.8. The summed E-state index contributed by atoms with van der Waals surface area (Å²) in [6, 6.07) is 1.96. The molecule has 4 nitrogen and oxygen atoms in total. The van der Waals surface area contributed by atoms with E-state index >= 15 is 0 Å². The zero-order chi connectivity index (χ0) is 13.5. The van der Waals surface area contributed by atoms with Gasteiger partial charge in [-0.15, -0.1) is 0 Å². The number of benzene rings is 1. The number of anilines is 1. The Morgan fingerprint density at radius 1 is 1.50 bits per heavy atom. The smallest absolute Gasteiger partial charge is 0.305 e. The van der Waals surface area contributed by atoms with Gasteiger partial charge in [-0.2, -0.15) is 5.10 Å². The lowest BCUT2D eigenvalue weighted by Gasteiger charge is -2.04. The van der Waals surface area contributed by atoms with Crippen LogP contribution in [0.1, 0.15) is 13.3 Å². The highest BCUT2D eigenvalue weighted by molar-refractivity contribution is 9.10. The van der Waals surface area contributed by atoms with Crippen molar-refractivity contribution in [2.75, 3.05) is 12.0 Å². The molecule has 0 bridgehead atoms. The second kappa shape index (κ2) is 7.05. The van der Waals surface area contributed by atoms with Gasteiger partial charge in [-0.3, -0.25) is 10.2 Å². The molecule has 1 aromatic carbocycles. The van der Waals surface area contributed by atoms with Crippen molar-refractivity contribution < 1.29 is 18.3 Å². The molecule has 0 radical (unpaired) electrons. The third-order valence-electron chi connectivity index (χ3n) is 1.89. The van der Waals surface area contributed by atoms with Crippen molar-refractivity contribution in [3.8, 4) is 0 Å². The van der Waals surface area contributed by atoms with E-state index in [1.54, 1.807) is 6.92 Å². The Morgan fingerprint density at radius 2 is 2.17 bits per heavy atom. The topological polar surface area (TPSA) is 50.7 Å². The molecule has 0 unspecified atom stereocenters. The van der Waals surface area contributed by atoms with Gasteiger partial charge < -0.3 is 4.74 Å². The van der Waals surface area contributed by atoms with Crippen LogP contribution in [0.5, 0.6) is 0 Å². The fourth-order valence-electron chi connectivity index (χ4n) is 0.993. The maximum absolute atomic E-state index is 12.9. The Hall–Kier alpha value is -1.50. The summed E-state index contributed by atoms with van der Waals surface area (Å²) in [5.74, 6) is -2.27. The molecule has 98 valence electrons. The van der Waals surface area contributed by atoms with Gasteiger partial charge in [0, 0.05) is 17.0 Å². The van der Waals surface area contributed by atoms with E-state index in [-0.39, 0.29) is 24.7 Å². The third kappa shape index (κ3) is 4.40. The highest BCUT2D eigenvalue weighted by Gasteiger charge is 2.06. The number of esters is 1. The van der Waals surface area contributed by atoms with Crippen LogP contribution in [-0.4, -0.2) is 18.8 Å². The molecule has 0 aromatic heterocycles. The zero-order valence-electron chi connectivity index (χ0n) is 9.54. The lowest BCUT2D eigenvalue weighted by atomic mass is 10.3. The summed E-state index contributed by atoms with van der Waals surface area (Å²) in [7, 11) is 0. The normalized spacial score (nSPS) is 10.7. The number of nitrogens with zero attached hydrogens (tertiary/aromatic N) is 1. The highest BCUT2D eigenvalue weighted by atomic mass is 79.9. The van der Waals surface area contributed by atoms with Crippen LogP contribution in [0.25, 0.3) is 0 Å². The number of carbonyl (C=O) groups is 1. The number of rotatable bonds is 5. The van der Waals surface area contributed by atoms with Crippen molar-refractivity contribution in [1.29, 1.82) is 0 Å². The summed E-state index contributed by atoms with van der Waals surface area (Å²) in [5.41, 5.74) is 2.77. The quantitative estimate of drug-likeness (QED) is 0.392. The average molecular weight is 321 g/mol. The van der Waals surface area contributed by atoms with Gasteiger partial charge >= 0.3 is 5.97 Å². The molecule has 0 aliphatic heterocycles. The van der Waals surface area contributed by atoms with E-state index in [2.05, 4.69) is 26.5 Å². The van der Waals surface area contributed by atoms with Crippen molar-refractivity contribution in [3.63, 3.8) is 0 Å². The maximum atomic E-state index is 12.9. The maximum Gasteiger partial charge on any atom is 0.305 e.